The van der Waals surface area contributed by atoms with Crippen LogP contribution in [0.1, 0.15) is 18.9 Å². The molecule has 4 nitrogen and oxygen atoms in total. The molecule has 7 heteroatoms. The maximum atomic E-state index is 9.00. The van der Waals surface area contributed by atoms with E-state index >= 15 is 0 Å². The summed E-state index contributed by atoms with van der Waals surface area (Å²) in [5, 5.41) is 8.23. The Labute approximate surface area is 156 Å². The van der Waals surface area contributed by atoms with Crippen LogP contribution in [0, 0.1) is 0 Å². The first kappa shape index (κ1) is 19.2. The van der Waals surface area contributed by atoms with Crippen LogP contribution in [0.3, 0.4) is 0 Å². The number of imidazole rings is 1. The maximum Gasteiger partial charge on any atom is 0.300 e. The Kier molecular flexibility index (Phi) is 7.52. The van der Waals surface area contributed by atoms with E-state index in [1.54, 1.807) is 0 Å². The number of carboxylic acids is 1. The number of benzene rings is 1. The van der Waals surface area contributed by atoms with Crippen molar-refractivity contribution in [3.8, 4) is 0 Å². The highest BCUT2D eigenvalue weighted by molar-refractivity contribution is 8.21. The number of hydrogen-bond donors (Lipinski definition) is 1. The molecule has 0 unspecified atom stereocenters. The van der Waals surface area contributed by atoms with Crippen molar-refractivity contribution in [2.24, 2.45) is 0 Å². The van der Waals surface area contributed by atoms with Gasteiger partial charge in [0.1, 0.15) is 0 Å². The molecule has 0 radical (unpaired) electrons. The highest BCUT2D eigenvalue weighted by atomic mass is 35.5. The minimum Gasteiger partial charge on any atom is -0.481 e. The molecular weight excluding hydrogens is 364 g/mol. The molecule has 1 aliphatic rings. The van der Waals surface area contributed by atoms with E-state index < -0.39 is 5.97 Å². The summed E-state index contributed by atoms with van der Waals surface area (Å²) >= 11 is 10.1. The Morgan fingerprint density at radius 2 is 1.96 bits per heavy atom. The Balaban J connectivity index is 0.000000471. The molecular formula is C17H21ClN2O2S2. The number of aliphatic carboxylic acids is 1. The van der Waals surface area contributed by atoms with Crippen LogP contribution in [0.25, 0.3) is 0 Å². The van der Waals surface area contributed by atoms with Crippen molar-refractivity contribution in [3.05, 3.63) is 53.6 Å². The molecule has 130 valence electrons. The van der Waals surface area contributed by atoms with Gasteiger partial charge in [-0.05, 0) is 30.5 Å². The summed E-state index contributed by atoms with van der Waals surface area (Å²) in [6.07, 6.45) is 8.12. The van der Waals surface area contributed by atoms with Gasteiger partial charge >= 0.3 is 0 Å². The first-order chi connectivity index (χ1) is 11.5. The van der Waals surface area contributed by atoms with Gasteiger partial charge in [0.15, 0.2) is 0 Å². The molecule has 3 rings (SSSR count). The molecule has 1 aliphatic heterocycles. The molecule has 2 aromatic rings. The molecule has 1 aromatic carbocycles. The Morgan fingerprint density at radius 3 is 2.50 bits per heavy atom. The van der Waals surface area contributed by atoms with Gasteiger partial charge in [0.05, 0.1) is 10.4 Å². The van der Waals surface area contributed by atoms with E-state index in [-0.39, 0.29) is 0 Å². The van der Waals surface area contributed by atoms with Gasteiger partial charge in [-0.1, -0.05) is 23.7 Å². The monoisotopic (exact) mass is 384 g/mol. The Bertz CT molecular complexity index is 623. The minimum absolute atomic E-state index is 0.292. The van der Waals surface area contributed by atoms with E-state index in [1.807, 2.05) is 24.7 Å². The predicted octanol–water partition coefficient (Wildman–Crippen LogP) is 4.44. The van der Waals surface area contributed by atoms with E-state index in [0.717, 1.165) is 24.9 Å². The number of aryl methyl sites for hydroxylation is 1. The van der Waals surface area contributed by atoms with Gasteiger partial charge in [0, 0.05) is 42.4 Å². The fourth-order valence-electron chi connectivity index (χ4n) is 2.46. The topological polar surface area (TPSA) is 55.1 Å². The van der Waals surface area contributed by atoms with Crippen LogP contribution in [0.5, 0.6) is 0 Å². The fraction of sp³-hybridized carbons (Fsp3) is 0.412. The first-order valence-electron chi connectivity index (χ1n) is 7.67. The average molecular weight is 385 g/mol. The molecule has 1 saturated heterocycles. The molecule has 1 N–H and O–H groups in total. The zero-order chi connectivity index (χ0) is 17.4. The number of aromatic nitrogens is 2. The SMILES string of the molecule is CC(=O)O.Clc1ccc(CCC2(Cn3ccnc3)SCCS2)cc1. The second kappa shape index (κ2) is 9.39. The predicted molar refractivity (Wildman–Crippen MR) is 103 cm³/mol. The van der Waals surface area contributed by atoms with Crippen LogP contribution in [0.2, 0.25) is 5.02 Å². The number of thioether (sulfide) groups is 2. The summed E-state index contributed by atoms with van der Waals surface area (Å²) in [5.74, 6) is 1.67. The molecule has 24 heavy (non-hydrogen) atoms. The van der Waals surface area contributed by atoms with E-state index in [1.165, 1.54) is 23.5 Å². The van der Waals surface area contributed by atoms with Crippen molar-refractivity contribution >= 4 is 41.1 Å². The second-order valence-electron chi connectivity index (χ2n) is 5.49. The number of halogens is 1. The zero-order valence-corrected chi connectivity index (χ0v) is 15.9. The highest BCUT2D eigenvalue weighted by Crippen LogP contribution is 2.48. The van der Waals surface area contributed by atoms with Crippen molar-refractivity contribution in [2.45, 2.75) is 30.4 Å². The lowest BCUT2D eigenvalue weighted by Crippen LogP contribution is -2.25. The largest absolute Gasteiger partial charge is 0.481 e. The smallest absolute Gasteiger partial charge is 0.300 e. The zero-order valence-electron chi connectivity index (χ0n) is 13.5. The van der Waals surface area contributed by atoms with E-state index in [9.17, 15) is 0 Å². The molecule has 0 aliphatic carbocycles. The van der Waals surface area contributed by atoms with Crippen molar-refractivity contribution in [2.75, 3.05) is 11.5 Å². The highest BCUT2D eigenvalue weighted by Gasteiger charge is 2.35. The van der Waals surface area contributed by atoms with Crippen LogP contribution in [0.4, 0.5) is 0 Å². The van der Waals surface area contributed by atoms with Crippen LogP contribution >= 0.6 is 35.1 Å². The van der Waals surface area contributed by atoms with Gasteiger partial charge < -0.3 is 9.67 Å². The normalized spacial score (nSPS) is 15.6. The summed E-state index contributed by atoms with van der Waals surface area (Å²) in [4.78, 5) is 13.2. The van der Waals surface area contributed by atoms with E-state index in [2.05, 4.69) is 51.4 Å². The van der Waals surface area contributed by atoms with Crippen LogP contribution < -0.4 is 0 Å². The molecule has 1 fully saturated rings. The van der Waals surface area contributed by atoms with Crippen molar-refractivity contribution in [1.29, 1.82) is 0 Å². The summed E-state index contributed by atoms with van der Waals surface area (Å²) < 4.78 is 2.49. The lowest BCUT2D eigenvalue weighted by Gasteiger charge is -2.27. The Morgan fingerprint density at radius 1 is 1.33 bits per heavy atom. The van der Waals surface area contributed by atoms with Gasteiger partial charge in [-0.3, -0.25) is 4.79 Å². The van der Waals surface area contributed by atoms with Gasteiger partial charge in [-0.2, -0.15) is 0 Å². The minimum atomic E-state index is -0.833. The number of carboxylic acid groups (broad SMARTS) is 1. The van der Waals surface area contributed by atoms with Gasteiger partial charge in [-0.25, -0.2) is 4.98 Å². The van der Waals surface area contributed by atoms with E-state index in [0.29, 0.717) is 4.08 Å². The van der Waals surface area contributed by atoms with Gasteiger partial charge in [0.25, 0.3) is 5.97 Å². The maximum absolute atomic E-state index is 9.00. The molecule has 0 bridgehead atoms. The Hall–Kier alpha value is -1.11. The third kappa shape index (κ3) is 6.42. The number of hydrogen-bond acceptors (Lipinski definition) is 4. The van der Waals surface area contributed by atoms with Crippen molar-refractivity contribution in [3.63, 3.8) is 0 Å². The summed E-state index contributed by atoms with van der Waals surface area (Å²) in [7, 11) is 0. The average Bonchev–Trinajstić information content (AvgIpc) is 3.19. The molecule has 0 amide bonds. The quantitative estimate of drug-likeness (QED) is 0.825. The molecule has 0 atom stereocenters. The standard InChI is InChI=1S/C15H17ClN2S2.C2H4O2/c16-14-3-1-13(2-4-14)5-6-15(19-9-10-20-15)11-18-8-7-17-12-18;1-2(3)4/h1-4,7-8,12H,5-6,9-11H2;1H3,(H,3,4). The molecule has 2 heterocycles. The molecule has 0 saturated carbocycles. The van der Waals surface area contributed by atoms with Crippen molar-refractivity contribution < 1.29 is 9.90 Å². The van der Waals surface area contributed by atoms with Gasteiger partial charge in [-0.15, -0.1) is 23.5 Å². The fourth-order valence-corrected chi connectivity index (χ4v) is 5.80. The molecule has 0 spiro atoms. The van der Waals surface area contributed by atoms with Gasteiger partial charge in [0.2, 0.25) is 0 Å². The van der Waals surface area contributed by atoms with Crippen LogP contribution in [-0.2, 0) is 17.8 Å². The summed E-state index contributed by atoms with van der Waals surface area (Å²) in [6, 6.07) is 8.23. The number of carbonyl (C=O) groups is 1. The second-order valence-corrected chi connectivity index (χ2v) is 9.14. The third-order valence-corrected chi connectivity index (χ3v) is 7.26. The summed E-state index contributed by atoms with van der Waals surface area (Å²) in [5.41, 5.74) is 1.37. The number of rotatable bonds is 5. The lowest BCUT2D eigenvalue weighted by molar-refractivity contribution is -0.134. The third-order valence-electron chi connectivity index (χ3n) is 3.50. The molecule has 1 aromatic heterocycles. The lowest BCUT2D eigenvalue weighted by atomic mass is 10.1. The summed E-state index contributed by atoms with van der Waals surface area (Å²) in [6.45, 7) is 2.12. The van der Waals surface area contributed by atoms with Crippen LogP contribution in [0.15, 0.2) is 43.0 Å². The van der Waals surface area contributed by atoms with E-state index in [4.69, 9.17) is 21.5 Å². The first-order valence-corrected chi connectivity index (χ1v) is 10.0. The number of nitrogens with zero attached hydrogens (tertiary/aromatic N) is 2. The van der Waals surface area contributed by atoms with Crippen LogP contribution in [-0.4, -0.2) is 36.2 Å². The van der Waals surface area contributed by atoms with Crippen molar-refractivity contribution in [1.82, 2.24) is 9.55 Å².